The largest absolute Gasteiger partial charge is 0.374 e. The van der Waals surface area contributed by atoms with Gasteiger partial charge in [0.25, 0.3) is 0 Å². The van der Waals surface area contributed by atoms with Crippen molar-refractivity contribution in [2.24, 2.45) is 11.7 Å². The Morgan fingerprint density at radius 3 is 2.62 bits per heavy atom. The maximum atomic E-state index is 11.9. The fraction of sp³-hybridized carbons (Fsp3) is 0.588. The van der Waals surface area contributed by atoms with Gasteiger partial charge in [0.05, 0.1) is 18.8 Å². The van der Waals surface area contributed by atoms with Crippen molar-refractivity contribution in [1.82, 2.24) is 10.2 Å². The molecule has 1 saturated heterocycles. The Balaban J connectivity index is 0.00000264. The van der Waals surface area contributed by atoms with Crippen LogP contribution in [0.3, 0.4) is 0 Å². The summed E-state index contributed by atoms with van der Waals surface area (Å²) in [6.07, 6.45) is 0.0285. The van der Waals surface area contributed by atoms with Gasteiger partial charge in [0.15, 0.2) is 0 Å². The highest BCUT2D eigenvalue weighted by Gasteiger charge is 2.23. The molecular formula is C17H29Cl2N3O2. The van der Waals surface area contributed by atoms with Crippen LogP contribution >= 0.6 is 24.8 Å². The molecule has 2 rings (SSSR count). The Bertz CT molecular complexity index is 474. The smallest absolute Gasteiger partial charge is 0.237 e. The summed E-state index contributed by atoms with van der Waals surface area (Å²) in [6.45, 7) is 7.77. The maximum absolute atomic E-state index is 11.9. The standard InChI is InChI=1S/C17H27N3O2.2ClH/c1-13(2)16(18)17(21)19-10-15-12-20(8-9-22-15)11-14-6-4-3-5-7-14;;/h3-7,13,15-16H,8-12,18H2,1-2H3,(H,19,21);2*1H. The Labute approximate surface area is 157 Å². The minimum absolute atomic E-state index is 0. The molecular weight excluding hydrogens is 349 g/mol. The van der Waals surface area contributed by atoms with Crippen LogP contribution in [-0.2, 0) is 16.1 Å². The molecule has 2 atom stereocenters. The van der Waals surface area contributed by atoms with Gasteiger partial charge in [0, 0.05) is 26.2 Å². The molecule has 1 fully saturated rings. The number of morpholine rings is 1. The van der Waals surface area contributed by atoms with E-state index < -0.39 is 6.04 Å². The number of hydrogen-bond donors (Lipinski definition) is 2. The third kappa shape index (κ3) is 7.36. The Morgan fingerprint density at radius 1 is 1.33 bits per heavy atom. The van der Waals surface area contributed by atoms with Crippen molar-refractivity contribution >= 4 is 30.7 Å². The second-order valence-electron chi connectivity index (χ2n) is 6.23. The van der Waals surface area contributed by atoms with Crippen molar-refractivity contribution in [2.45, 2.75) is 32.5 Å². The van der Waals surface area contributed by atoms with Crippen molar-refractivity contribution in [3.05, 3.63) is 35.9 Å². The zero-order valence-electron chi connectivity index (χ0n) is 14.3. The number of carbonyl (C=O) groups is 1. The second-order valence-corrected chi connectivity index (χ2v) is 6.23. The highest BCUT2D eigenvalue weighted by Crippen LogP contribution is 2.10. The van der Waals surface area contributed by atoms with E-state index in [1.54, 1.807) is 0 Å². The minimum atomic E-state index is -0.455. The van der Waals surface area contributed by atoms with Crippen molar-refractivity contribution < 1.29 is 9.53 Å². The number of benzene rings is 1. The van der Waals surface area contributed by atoms with Gasteiger partial charge < -0.3 is 15.8 Å². The summed E-state index contributed by atoms with van der Waals surface area (Å²) in [4.78, 5) is 14.3. The van der Waals surface area contributed by atoms with Crippen molar-refractivity contribution in [1.29, 1.82) is 0 Å². The summed E-state index contributed by atoms with van der Waals surface area (Å²) >= 11 is 0. The molecule has 5 nitrogen and oxygen atoms in total. The summed E-state index contributed by atoms with van der Waals surface area (Å²) in [7, 11) is 0. The van der Waals surface area contributed by atoms with Gasteiger partial charge in [-0.3, -0.25) is 9.69 Å². The SMILES string of the molecule is CC(C)C(N)C(=O)NCC1CN(Cc2ccccc2)CCO1.Cl.Cl. The second kappa shape index (κ2) is 11.7. The third-order valence-corrected chi connectivity index (χ3v) is 4.00. The number of halogens is 2. The molecule has 0 spiro atoms. The van der Waals surface area contributed by atoms with E-state index in [-0.39, 0.29) is 42.7 Å². The molecule has 0 radical (unpaired) electrons. The molecule has 1 aromatic carbocycles. The van der Waals surface area contributed by atoms with E-state index in [4.69, 9.17) is 10.5 Å². The predicted molar refractivity (Wildman–Crippen MR) is 102 cm³/mol. The molecule has 1 amide bonds. The summed E-state index contributed by atoms with van der Waals surface area (Å²) in [6, 6.07) is 9.95. The lowest BCUT2D eigenvalue weighted by atomic mass is 10.1. The van der Waals surface area contributed by atoms with Crippen LogP contribution in [0.4, 0.5) is 0 Å². The minimum Gasteiger partial charge on any atom is -0.374 e. The Kier molecular flexibility index (Phi) is 11.2. The first kappa shape index (κ1) is 23.1. The number of nitrogens with one attached hydrogen (secondary N) is 1. The van der Waals surface area contributed by atoms with Gasteiger partial charge in [-0.2, -0.15) is 0 Å². The number of nitrogens with zero attached hydrogens (tertiary/aromatic N) is 1. The first-order valence-corrected chi connectivity index (χ1v) is 7.97. The van der Waals surface area contributed by atoms with Crippen LogP contribution in [0.1, 0.15) is 19.4 Å². The first-order chi connectivity index (χ1) is 10.6. The molecule has 1 aliphatic rings. The molecule has 0 bridgehead atoms. The van der Waals surface area contributed by atoms with Gasteiger partial charge in [-0.1, -0.05) is 44.2 Å². The van der Waals surface area contributed by atoms with Gasteiger partial charge in [0.2, 0.25) is 5.91 Å². The number of rotatable bonds is 6. The van der Waals surface area contributed by atoms with Crippen LogP contribution in [0, 0.1) is 5.92 Å². The average Bonchev–Trinajstić information content (AvgIpc) is 2.53. The van der Waals surface area contributed by atoms with Crippen molar-refractivity contribution in [2.75, 3.05) is 26.2 Å². The van der Waals surface area contributed by atoms with E-state index in [0.29, 0.717) is 13.2 Å². The lowest BCUT2D eigenvalue weighted by Gasteiger charge is -2.33. The molecule has 0 aliphatic carbocycles. The topological polar surface area (TPSA) is 67.6 Å². The maximum Gasteiger partial charge on any atom is 0.237 e. The molecule has 3 N–H and O–H groups in total. The quantitative estimate of drug-likeness (QED) is 0.793. The summed E-state index contributed by atoms with van der Waals surface area (Å²) in [5, 5.41) is 2.90. The van der Waals surface area contributed by atoms with Gasteiger partial charge in [-0.25, -0.2) is 0 Å². The number of hydrogen-bond acceptors (Lipinski definition) is 4. The van der Waals surface area contributed by atoms with Crippen LogP contribution in [-0.4, -0.2) is 49.2 Å². The van der Waals surface area contributed by atoms with E-state index in [1.807, 2.05) is 19.9 Å². The molecule has 1 aliphatic heterocycles. The fourth-order valence-electron chi connectivity index (χ4n) is 2.52. The van der Waals surface area contributed by atoms with Gasteiger partial charge in [-0.15, -0.1) is 24.8 Å². The summed E-state index contributed by atoms with van der Waals surface area (Å²) in [5.41, 5.74) is 7.14. The average molecular weight is 378 g/mol. The molecule has 24 heavy (non-hydrogen) atoms. The van der Waals surface area contributed by atoms with Crippen LogP contribution in [0.15, 0.2) is 30.3 Å². The van der Waals surface area contributed by atoms with Crippen LogP contribution < -0.4 is 11.1 Å². The van der Waals surface area contributed by atoms with Crippen LogP contribution in [0.25, 0.3) is 0 Å². The van der Waals surface area contributed by atoms with E-state index in [2.05, 4.69) is 34.5 Å². The molecule has 2 unspecified atom stereocenters. The van der Waals surface area contributed by atoms with Crippen LogP contribution in [0.2, 0.25) is 0 Å². The van der Waals surface area contributed by atoms with E-state index in [1.165, 1.54) is 5.56 Å². The monoisotopic (exact) mass is 377 g/mol. The van der Waals surface area contributed by atoms with Gasteiger partial charge in [0.1, 0.15) is 0 Å². The summed E-state index contributed by atoms with van der Waals surface area (Å²) in [5.74, 6) is 0.0423. The molecule has 1 heterocycles. The number of nitrogens with two attached hydrogens (primary N) is 1. The molecule has 0 aromatic heterocycles. The zero-order valence-corrected chi connectivity index (χ0v) is 15.9. The molecule has 0 saturated carbocycles. The summed E-state index contributed by atoms with van der Waals surface area (Å²) < 4.78 is 5.74. The fourth-order valence-corrected chi connectivity index (χ4v) is 2.52. The van der Waals surface area contributed by atoms with Gasteiger partial charge in [-0.05, 0) is 11.5 Å². The lowest BCUT2D eigenvalue weighted by molar-refractivity contribution is -0.124. The van der Waals surface area contributed by atoms with Gasteiger partial charge >= 0.3 is 0 Å². The number of amides is 1. The normalized spacial score (nSPS) is 19.1. The highest BCUT2D eigenvalue weighted by atomic mass is 35.5. The highest BCUT2D eigenvalue weighted by molar-refractivity contribution is 5.85. The predicted octanol–water partition coefficient (Wildman–Crippen LogP) is 1.83. The van der Waals surface area contributed by atoms with E-state index in [9.17, 15) is 4.79 Å². The lowest BCUT2D eigenvalue weighted by Crippen LogP contribution is -2.50. The Morgan fingerprint density at radius 2 is 2.00 bits per heavy atom. The molecule has 7 heteroatoms. The molecule has 138 valence electrons. The number of carbonyl (C=O) groups excluding carboxylic acids is 1. The first-order valence-electron chi connectivity index (χ1n) is 7.97. The number of ether oxygens (including phenoxy) is 1. The van der Waals surface area contributed by atoms with Crippen molar-refractivity contribution in [3.8, 4) is 0 Å². The van der Waals surface area contributed by atoms with Crippen LogP contribution in [0.5, 0.6) is 0 Å². The van der Waals surface area contributed by atoms with Crippen molar-refractivity contribution in [3.63, 3.8) is 0 Å². The molecule has 1 aromatic rings. The Hall–Kier alpha value is -0.850. The van der Waals surface area contributed by atoms with E-state index >= 15 is 0 Å². The third-order valence-electron chi connectivity index (χ3n) is 4.00. The van der Waals surface area contributed by atoms with E-state index in [0.717, 1.165) is 19.6 Å². The zero-order chi connectivity index (χ0) is 15.9.